The number of hydrogen-bond donors (Lipinski definition) is 2. The molecule has 1 rings (SSSR count). The number of nitrogens with zero attached hydrogens (tertiary/aromatic N) is 1. The van der Waals surface area contributed by atoms with Crippen LogP contribution >= 0.6 is 0 Å². The highest BCUT2D eigenvalue weighted by Gasteiger charge is 2.24. The molecule has 2 N–H and O–H groups in total. The molecule has 0 aliphatic heterocycles. The van der Waals surface area contributed by atoms with Crippen molar-refractivity contribution in [3.63, 3.8) is 0 Å². The lowest BCUT2D eigenvalue weighted by atomic mass is 9.83. The van der Waals surface area contributed by atoms with E-state index < -0.39 is 0 Å². The van der Waals surface area contributed by atoms with Gasteiger partial charge < -0.3 is 15.0 Å². The minimum absolute atomic E-state index is 0.0504. The molecule has 0 aliphatic rings. The Hall–Kier alpha value is -0.800. The lowest BCUT2D eigenvalue weighted by Gasteiger charge is -2.29. The summed E-state index contributed by atoms with van der Waals surface area (Å²) in [4.78, 5) is 0. The molecule has 1 aromatic heterocycles. The normalized spacial score (nSPS) is 12.0. The average molecular weight is 224 g/mol. The Labute approximate surface area is 98.5 Å². The molecule has 16 heavy (non-hydrogen) atoms. The van der Waals surface area contributed by atoms with Gasteiger partial charge in [0.05, 0.1) is 0 Å². The quantitative estimate of drug-likeness (QED) is 0.742. The summed E-state index contributed by atoms with van der Waals surface area (Å²) in [5, 5.41) is 12.9. The van der Waals surface area contributed by atoms with Crippen LogP contribution in [0.3, 0.4) is 0 Å². The molecule has 3 heteroatoms. The lowest BCUT2D eigenvalue weighted by molar-refractivity contribution is 0.113. The summed E-state index contributed by atoms with van der Waals surface area (Å²) in [6.07, 6.45) is 6.20. The lowest BCUT2D eigenvalue weighted by Crippen LogP contribution is -2.36. The van der Waals surface area contributed by atoms with Crippen molar-refractivity contribution >= 4 is 0 Å². The molecule has 92 valence electrons. The van der Waals surface area contributed by atoms with Crippen molar-refractivity contribution < 1.29 is 5.11 Å². The van der Waals surface area contributed by atoms with Gasteiger partial charge in [0.15, 0.2) is 0 Å². The van der Waals surface area contributed by atoms with E-state index in [-0.39, 0.29) is 12.0 Å². The Kier molecular flexibility index (Phi) is 5.03. The molecule has 0 aliphatic carbocycles. The first-order valence-corrected chi connectivity index (χ1v) is 6.08. The van der Waals surface area contributed by atoms with Crippen LogP contribution in [-0.2, 0) is 13.6 Å². The predicted octanol–water partition coefficient (Wildman–Crippen LogP) is 1.91. The number of aryl methyl sites for hydroxylation is 1. The third-order valence-electron chi connectivity index (χ3n) is 3.56. The first-order valence-electron chi connectivity index (χ1n) is 6.08. The summed E-state index contributed by atoms with van der Waals surface area (Å²) < 4.78 is 2.05. The van der Waals surface area contributed by atoms with Crippen LogP contribution in [0.1, 0.15) is 32.3 Å². The zero-order chi connectivity index (χ0) is 12.0. The fourth-order valence-corrected chi connectivity index (χ4v) is 1.92. The van der Waals surface area contributed by atoms with Crippen molar-refractivity contribution in [3.05, 3.63) is 24.0 Å². The molecule has 0 aromatic carbocycles. The van der Waals surface area contributed by atoms with Gasteiger partial charge in [-0.05, 0) is 24.5 Å². The van der Waals surface area contributed by atoms with Gasteiger partial charge in [-0.3, -0.25) is 0 Å². The van der Waals surface area contributed by atoms with Crippen molar-refractivity contribution in [1.29, 1.82) is 0 Å². The minimum atomic E-state index is 0.0504. The number of nitrogens with one attached hydrogen (secondary N) is 1. The van der Waals surface area contributed by atoms with E-state index in [2.05, 4.69) is 42.2 Å². The fraction of sp³-hybridized carbons (Fsp3) is 0.692. The Morgan fingerprint density at radius 1 is 1.38 bits per heavy atom. The second-order valence-electron chi connectivity index (χ2n) is 4.65. The number of hydrogen-bond acceptors (Lipinski definition) is 2. The summed E-state index contributed by atoms with van der Waals surface area (Å²) in [6, 6.07) is 2.12. The van der Waals surface area contributed by atoms with E-state index in [4.69, 9.17) is 0 Å². The molecule has 0 saturated carbocycles. The largest absolute Gasteiger partial charge is 0.396 e. The van der Waals surface area contributed by atoms with Gasteiger partial charge in [-0.25, -0.2) is 0 Å². The average Bonchev–Trinajstić information content (AvgIpc) is 2.71. The summed E-state index contributed by atoms with van der Waals surface area (Å²) in [7, 11) is 2.03. The van der Waals surface area contributed by atoms with E-state index in [0.717, 1.165) is 25.9 Å². The topological polar surface area (TPSA) is 37.2 Å². The molecule has 0 bridgehead atoms. The summed E-state index contributed by atoms with van der Waals surface area (Å²) in [5.41, 5.74) is 1.34. The smallest absolute Gasteiger partial charge is 0.0499 e. The number of aliphatic hydroxyl groups is 1. The standard InChI is InChI=1S/C13H24N2O/c1-4-13(5-2,11-16)10-14-8-12-6-7-15(3)9-12/h6-7,9,14,16H,4-5,8,10-11H2,1-3H3. The third-order valence-corrected chi connectivity index (χ3v) is 3.56. The highest BCUT2D eigenvalue weighted by atomic mass is 16.3. The molecule has 0 atom stereocenters. The fourth-order valence-electron chi connectivity index (χ4n) is 1.92. The molecule has 3 nitrogen and oxygen atoms in total. The Morgan fingerprint density at radius 2 is 2.06 bits per heavy atom. The van der Waals surface area contributed by atoms with E-state index in [1.54, 1.807) is 0 Å². The maximum absolute atomic E-state index is 9.43. The van der Waals surface area contributed by atoms with Crippen LogP contribution in [0.25, 0.3) is 0 Å². The molecule has 1 aromatic rings. The molecular formula is C13H24N2O. The van der Waals surface area contributed by atoms with Crippen LogP contribution in [-0.4, -0.2) is 22.8 Å². The second-order valence-corrected chi connectivity index (χ2v) is 4.65. The predicted molar refractivity (Wildman–Crippen MR) is 67.2 cm³/mol. The maximum atomic E-state index is 9.43. The third kappa shape index (κ3) is 3.35. The number of aromatic nitrogens is 1. The minimum Gasteiger partial charge on any atom is -0.396 e. The molecule has 0 saturated heterocycles. The van der Waals surface area contributed by atoms with E-state index in [0.29, 0.717) is 0 Å². The van der Waals surface area contributed by atoms with Crippen molar-refractivity contribution in [1.82, 2.24) is 9.88 Å². The van der Waals surface area contributed by atoms with Gasteiger partial charge in [-0.1, -0.05) is 13.8 Å². The van der Waals surface area contributed by atoms with Crippen LogP contribution < -0.4 is 5.32 Å². The molecular weight excluding hydrogens is 200 g/mol. The van der Waals surface area contributed by atoms with E-state index >= 15 is 0 Å². The maximum Gasteiger partial charge on any atom is 0.0499 e. The van der Waals surface area contributed by atoms with E-state index in [9.17, 15) is 5.11 Å². The van der Waals surface area contributed by atoms with Gasteiger partial charge in [0, 0.05) is 44.6 Å². The Morgan fingerprint density at radius 3 is 2.50 bits per heavy atom. The van der Waals surface area contributed by atoms with Crippen molar-refractivity contribution in [2.75, 3.05) is 13.2 Å². The number of aliphatic hydroxyl groups excluding tert-OH is 1. The molecule has 0 fully saturated rings. The van der Waals surface area contributed by atoms with E-state index in [1.165, 1.54) is 5.56 Å². The zero-order valence-corrected chi connectivity index (χ0v) is 10.7. The van der Waals surface area contributed by atoms with Gasteiger partial charge in [0.25, 0.3) is 0 Å². The van der Waals surface area contributed by atoms with Crippen LogP contribution in [0.5, 0.6) is 0 Å². The molecule has 0 amide bonds. The number of rotatable bonds is 7. The SMILES string of the molecule is CCC(CC)(CO)CNCc1ccn(C)c1. The van der Waals surface area contributed by atoms with Crippen molar-refractivity contribution in [2.24, 2.45) is 12.5 Å². The second kappa shape index (κ2) is 6.06. The van der Waals surface area contributed by atoms with Crippen molar-refractivity contribution in [3.8, 4) is 0 Å². The monoisotopic (exact) mass is 224 g/mol. The van der Waals surface area contributed by atoms with Gasteiger partial charge in [0.2, 0.25) is 0 Å². The summed E-state index contributed by atoms with van der Waals surface area (Å²) >= 11 is 0. The van der Waals surface area contributed by atoms with Gasteiger partial charge >= 0.3 is 0 Å². The van der Waals surface area contributed by atoms with Crippen LogP contribution in [0.15, 0.2) is 18.5 Å². The summed E-state index contributed by atoms with van der Waals surface area (Å²) in [6.45, 7) is 6.31. The molecule has 0 unspecified atom stereocenters. The molecule has 1 heterocycles. The van der Waals surface area contributed by atoms with Crippen molar-refractivity contribution in [2.45, 2.75) is 33.2 Å². The first kappa shape index (κ1) is 13.3. The molecule has 0 radical (unpaired) electrons. The molecule has 0 spiro atoms. The zero-order valence-electron chi connectivity index (χ0n) is 10.7. The van der Waals surface area contributed by atoms with Crippen LogP contribution in [0, 0.1) is 5.41 Å². The van der Waals surface area contributed by atoms with Gasteiger partial charge in [-0.15, -0.1) is 0 Å². The Bertz CT molecular complexity index is 294. The van der Waals surface area contributed by atoms with Gasteiger partial charge in [-0.2, -0.15) is 0 Å². The highest BCUT2D eigenvalue weighted by molar-refractivity contribution is 5.09. The first-order chi connectivity index (χ1) is 7.65. The van der Waals surface area contributed by atoms with E-state index in [1.807, 2.05) is 7.05 Å². The Balaban J connectivity index is 2.39. The summed E-state index contributed by atoms with van der Waals surface area (Å²) in [5.74, 6) is 0. The van der Waals surface area contributed by atoms with Crippen LogP contribution in [0.4, 0.5) is 0 Å². The van der Waals surface area contributed by atoms with Gasteiger partial charge in [0.1, 0.15) is 0 Å². The van der Waals surface area contributed by atoms with Crippen LogP contribution in [0.2, 0.25) is 0 Å². The highest BCUT2D eigenvalue weighted by Crippen LogP contribution is 2.24.